The van der Waals surface area contributed by atoms with Gasteiger partial charge >= 0.3 is 6.18 Å². The number of carbonyl (C=O) groups excluding carboxylic acids is 1. The van der Waals surface area contributed by atoms with Crippen LogP contribution in [0.5, 0.6) is 0 Å². The predicted octanol–water partition coefficient (Wildman–Crippen LogP) is 5.58. The van der Waals surface area contributed by atoms with Crippen molar-refractivity contribution in [2.24, 2.45) is 0 Å². The highest BCUT2D eigenvalue weighted by Gasteiger charge is 2.28. The predicted molar refractivity (Wildman–Crippen MR) is 142 cm³/mol. The Bertz CT molecular complexity index is 1500. The van der Waals surface area contributed by atoms with Crippen molar-refractivity contribution in [1.82, 2.24) is 20.1 Å². The van der Waals surface area contributed by atoms with Crippen molar-refractivity contribution < 1.29 is 18.0 Å². The van der Waals surface area contributed by atoms with E-state index in [0.717, 1.165) is 27.3 Å². The van der Waals surface area contributed by atoms with Gasteiger partial charge in [-0.15, -0.1) is 11.3 Å². The summed E-state index contributed by atoms with van der Waals surface area (Å²) in [6.45, 7) is 0.378. The first-order valence-electron chi connectivity index (χ1n) is 12.5. The summed E-state index contributed by atoms with van der Waals surface area (Å²) in [6.07, 6.45) is 0.639. The van der Waals surface area contributed by atoms with Crippen LogP contribution in [0.15, 0.2) is 60.9 Å². The third-order valence-electron chi connectivity index (χ3n) is 6.52. The van der Waals surface area contributed by atoms with Crippen molar-refractivity contribution in [2.75, 3.05) is 11.9 Å². The molecule has 39 heavy (non-hydrogen) atoms. The standard InChI is InChI=1S/C28H25F3N6OS/c29-28(30,31)10-11-33-23-8-9-24-25(13-23)39-27(35-24)36-26(38)21-3-1-2-19(12-21)16-37-17-22(15-34-37)20-6-4-18(14-32)5-7-20/h1-7,12,15,17,23,33H,8-11,13,16H2,(H,35,36,38)/t23-/m0/s1. The van der Waals surface area contributed by atoms with Gasteiger partial charge in [-0.3, -0.25) is 14.8 Å². The number of anilines is 1. The van der Waals surface area contributed by atoms with Gasteiger partial charge < -0.3 is 5.32 Å². The summed E-state index contributed by atoms with van der Waals surface area (Å²) in [5.74, 6) is -0.276. The van der Waals surface area contributed by atoms with E-state index in [2.05, 4.69) is 26.8 Å². The average molecular weight is 551 g/mol. The number of thiazole rings is 1. The topological polar surface area (TPSA) is 95.6 Å². The monoisotopic (exact) mass is 550 g/mol. The normalized spacial score (nSPS) is 15.0. The Morgan fingerprint density at radius 1 is 1.18 bits per heavy atom. The van der Waals surface area contributed by atoms with E-state index >= 15 is 0 Å². The average Bonchev–Trinajstić information content (AvgIpc) is 3.54. The van der Waals surface area contributed by atoms with Crippen molar-refractivity contribution in [3.63, 3.8) is 0 Å². The van der Waals surface area contributed by atoms with Crippen molar-refractivity contribution >= 4 is 22.4 Å². The van der Waals surface area contributed by atoms with Crippen LogP contribution in [0.3, 0.4) is 0 Å². The summed E-state index contributed by atoms with van der Waals surface area (Å²) >= 11 is 1.37. The molecule has 11 heteroatoms. The highest BCUT2D eigenvalue weighted by atomic mass is 32.1. The second kappa shape index (κ2) is 11.4. The summed E-state index contributed by atoms with van der Waals surface area (Å²) < 4.78 is 39.1. The van der Waals surface area contributed by atoms with Crippen LogP contribution in [0.1, 0.15) is 44.9 Å². The second-order valence-electron chi connectivity index (χ2n) is 9.42. The number of nitrogens with zero attached hydrogens (tertiary/aromatic N) is 4. The molecule has 0 fully saturated rings. The first-order chi connectivity index (χ1) is 18.8. The van der Waals surface area contributed by atoms with E-state index in [9.17, 15) is 18.0 Å². The second-order valence-corrected chi connectivity index (χ2v) is 10.5. The summed E-state index contributed by atoms with van der Waals surface area (Å²) in [4.78, 5) is 18.5. The number of aromatic nitrogens is 3. The van der Waals surface area contributed by atoms with E-state index in [1.807, 2.05) is 36.5 Å². The Hall–Kier alpha value is -4.01. The molecule has 1 aliphatic rings. The van der Waals surface area contributed by atoms with Crippen LogP contribution in [-0.4, -0.2) is 39.4 Å². The van der Waals surface area contributed by atoms with Gasteiger partial charge in [-0.25, -0.2) is 4.98 Å². The Labute approximate surface area is 227 Å². The number of halogens is 3. The van der Waals surface area contributed by atoms with Crippen LogP contribution in [0.25, 0.3) is 11.1 Å². The fourth-order valence-electron chi connectivity index (χ4n) is 4.52. The van der Waals surface area contributed by atoms with E-state index in [1.54, 1.807) is 29.1 Å². The van der Waals surface area contributed by atoms with Crippen molar-refractivity contribution in [1.29, 1.82) is 5.26 Å². The van der Waals surface area contributed by atoms with E-state index < -0.39 is 12.6 Å². The van der Waals surface area contributed by atoms with E-state index in [-0.39, 0.29) is 18.5 Å². The van der Waals surface area contributed by atoms with Gasteiger partial charge in [0.15, 0.2) is 5.13 Å². The summed E-state index contributed by atoms with van der Waals surface area (Å²) in [7, 11) is 0. The van der Waals surface area contributed by atoms with Crippen LogP contribution >= 0.6 is 11.3 Å². The molecule has 2 aromatic carbocycles. The minimum atomic E-state index is -4.17. The molecule has 5 rings (SSSR count). The zero-order valence-electron chi connectivity index (χ0n) is 20.8. The molecule has 2 N–H and O–H groups in total. The van der Waals surface area contributed by atoms with Gasteiger partial charge in [0.2, 0.25) is 0 Å². The maximum atomic E-state index is 13.0. The van der Waals surface area contributed by atoms with Gasteiger partial charge in [0.25, 0.3) is 5.91 Å². The van der Waals surface area contributed by atoms with Gasteiger partial charge in [-0.05, 0) is 54.7 Å². The lowest BCUT2D eigenvalue weighted by Crippen LogP contribution is -2.36. The van der Waals surface area contributed by atoms with Crippen LogP contribution in [-0.2, 0) is 19.4 Å². The highest BCUT2D eigenvalue weighted by Crippen LogP contribution is 2.30. The Kier molecular flexibility index (Phi) is 7.77. The molecule has 0 saturated carbocycles. The lowest BCUT2D eigenvalue weighted by Gasteiger charge is -2.22. The van der Waals surface area contributed by atoms with Crippen LogP contribution < -0.4 is 10.6 Å². The minimum absolute atomic E-state index is 0.0275. The first-order valence-corrected chi connectivity index (χ1v) is 13.3. The van der Waals surface area contributed by atoms with Crippen molar-refractivity contribution in [3.05, 3.63) is 88.2 Å². The SMILES string of the molecule is N#Cc1ccc(-c2cnn(Cc3cccc(C(=O)Nc4nc5c(s4)C[C@@H](NCCC(F)(F)F)CC5)c3)c2)cc1. The molecule has 2 heterocycles. The summed E-state index contributed by atoms with van der Waals surface area (Å²) in [5.41, 5.74) is 4.78. The Morgan fingerprint density at radius 3 is 2.77 bits per heavy atom. The quantitative estimate of drug-likeness (QED) is 0.299. The molecule has 7 nitrogen and oxygen atoms in total. The molecule has 4 aromatic rings. The summed E-state index contributed by atoms with van der Waals surface area (Å²) in [6, 6.07) is 16.7. The van der Waals surface area contributed by atoms with Crippen LogP contribution in [0.4, 0.5) is 18.3 Å². The summed E-state index contributed by atoms with van der Waals surface area (Å²) in [5, 5.41) is 19.8. The number of nitrogens with one attached hydrogen (secondary N) is 2. The zero-order chi connectivity index (χ0) is 27.4. The molecule has 2 aromatic heterocycles. The molecular formula is C28H25F3N6OS. The number of amides is 1. The molecule has 0 bridgehead atoms. The van der Waals surface area contributed by atoms with E-state index in [1.165, 1.54) is 11.3 Å². The van der Waals surface area contributed by atoms with Gasteiger partial charge in [-0.1, -0.05) is 24.3 Å². The molecule has 0 spiro atoms. The molecule has 1 atom stereocenters. The van der Waals surface area contributed by atoms with Crippen molar-refractivity contribution in [2.45, 2.75) is 44.4 Å². The molecular weight excluding hydrogens is 525 g/mol. The maximum Gasteiger partial charge on any atom is 0.390 e. The number of aryl methyl sites for hydroxylation is 1. The maximum absolute atomic E-state index is 13.0. The third kappa shape index (κ3) is 6.90. The van der Waals surface area contributed by atoms with Gasteiger partial charge in [0.05, 0.1) is 36.5 Å². The molecule has 1 amide bonds. The minimum Gasteiger partial charge on any atom is -0.313 e. The lowest BCUT2D eigenvalue weighted by molar-refractivity contribution is -0.133. The first kappa shape index (κ1) is 26.6. The molecule has 0 radical (unpaired) electrons. The molecule has 0 aliphatic heterocycles. The van der Waals surface area contributed by atoms with Gasteiger partial charge in [-0.2, -0.15) is 23.5 Å². The fraction of sp³-hybridized carbons (Fsp3) is 0.286. The number of carbonyl (C=O) groups is 1. The Morgan fingerprint density at radius 2 is 2.00 bits per heavy atom. The van der Waals surface area contributed by atoms with E-state index in [0.29, 0.717) is 42.1 Å². The smallest absolute Gasteiger partial charge is 0.313 e. The van der Waals surface area contributed by atoms with Crippen molar-refractivity contribution in [3.8, 4) is 17.2 Å². The van der Waals surface area contributed by atoms with Crippen LogP contribution in [0, 0.1) is 11.3 Å². The number of fused-ring (bicyclic) bond motifs is 1. The largest absolute Gasteiger partial charge is 0.390 e. The molecule has 1 aliphatic carbocycles. The van der Waals surface area contributed by atoms with Crippen LogP contribution in [0.2, 0.25) is 0 Å². The number of benzene rings is 2. The number of alkyl halides is 3. The molecule has 200 valence electrons. The number of rotatable bonds is 8. The molecule has 0 saturated heterocycles. The number of nitriles is 1. The van der Waals surface area contributed by atoms with E-state index in [4.69, 9.17) is 5.26 Å². The number of hydrogen-bond acceptors (Lipinski definition) is 6. The zero-order valence-corrected chi connectivity index (χ0v) is 21.6. The van der Waals surface area contributed by atoms with Gasteiger partial charge in [0, 0.05) is 34.8 Å². The third-order valence-corrected chi connectivity index (χ3v) is 7.55. The highest BCUT2D eigenvalue weighted by molar-refractivity contribution is 7.15. The molecule has 0 unspecified atom stereocenters. The lowest BCUT2D eigenvalue weighted by atomic mass is 9.97. The Balaban J connectivity index is 1.19. The fourth-order valence-corrected chi connectivity index (χ4v) is 5.61. The van der Waals surface area contributed by atoms with Gasteiger partial charge in [0.1, 0.15) is 0 Å². The number of hydrogen-bond donors (Lipinski definition) is 2.